The number of primary amides is 1. The van der Waals surface area contributed by atoms with E-state index in [4.69, 9.17) is 10.5 Å². The van der Waals surface area contributed by atoms with Crippen LogP contribution in [0.5, 0.6) is 5.75 Å². The summed E-state index contributed by atoms with van der Waals surface area (Å²) < 4.78 is 5.79. The van der Waals surface area contributed by atoms with Crippen LogP contribution in [0.25, 0.3) is 0 Å². The van der Waals surface area contributed by atoms with E-state index in [1.165, 1.54) is 0 Å². The van der Waals surface area contributed by atoms with Gasteiger partial charge >= 0.3 is 0 Å². The van der Waals surface area contributed by atoms with Crippen molar-refractivity contribution in [1.29, 1.82) is 0 Å². The second kappa shape index (κ2) is 5.77. The highest BCUT2D eigenvalue weighted by Gasteiger charge is 2.39. The van der Waals surface area contributed by atoms with Crippen LogP contribution in [-0.2, 0) is 10.2 Å². The summed E-state index contributed by atoms with van der Waals surface area (Å²) in [7, 11) is 0. The topological polar surface area (TPSA) is 92.9 Å². The molecule has 24 heavy (non-hydrogen) atoms. The molecule has 1 saturated heterocycles. The van der Waals surface area contributed by atoms with Gasteiger partial charge in [0.15, 0.2) is 0 Å². The van der Waals surface area contributed by atoms with Crippen molar-refractivity contribution in [1.82, 2.24) is 4.90 Å². The van der Waals surface area contributed by atoms with E-state index < -0.39 is 11.5 Å². The van der Waals surface area contributed by atoms with Crippen molar-refractivity contribution >= 4 is 11.8 Å². The van der Waals surface area contributed by atoms with Gasteiger partial charge in [-0.3, -0.25) is 9.59 Å². The van der Waals surface area contributed by atoms with Gasteiger partial charge < -0.3 is 20.5 Å². The molecular formula is C18H24N2O4. The molecule has 2 amide bonds. The van der Waals surface area contributed by atoms with Crippen LogP contribution < -0.4 is 10.5 Å². The molecule has 2 heterocycles. The van der Waals surface area contributed by atoms with E-state index in [0.717, 1.165) is 5.56 Å². The summed E-state index contributed by atoms with van der Waals surface area (Å²) in [5, 5.41) is 10.6. The second-order valence-corrected chi connectivity index (χ2v) is 7.55. The van der Waals surface area contributed by atoms with Gasteiger partial charge in [0, 0.05) is 17.5 Å². The monoisotopic (exact) mass is 332 g/mol. The number of aliphatic hydroxyl groups is 1. The number of fused-ring (bicyclic) bond motifs is 1. The van der Waals surface area contributed by atoms with Crippen LogP contribution in [0, 0.1) is 0 Å². The van der Waals surface area contributed by atoms with E-state index in [1.807, 2.05) is 12.1 Å². The van der Waals surface area contributed by atoms with Crippen LogP contribution in [0.4, 0.5) is 0 Å². The predicted octanol–water partition coefficient (Wildman–Crippen LogP) is 1.20. The molecule has 3 rings (SSSR count). The van der Waals surface area contributed by atoms with Crippen LogP contribution in [0.1, 0.15) is 49.0 Å². The average Bonchev–Trinajstić information content (AvgIpc) is 2.81. The third kappa shape index (κ3) is 2.98. The number of benzene rings is 1. The molecule has 2 aliphatic rings. The Morgan fingerprint density at radius 3 is 2.83 bits per heavy atom. The quantitative estimate of drug-likeness (QED) is 0.870. The third-order valence-corrected chi connectivity index (χ3v) is 4.90. The highest BCUT2D eigenvalue weighted by Crippen LogP contribution is 2.41. The molecule has 0 radical (unpaired) electrons. The first kappa shape index (κ1) is 16.8. The number of ether oxygens (including phenoxy) is 1. The zero-order chi connectivity index (χ0) is 17.5. The van der Waals surface area contributed by atoms with Crippen molar-refractivity contribution in [3.8, 4) is 5.75 Å². The maximum absolute atomic E-state index is 13.0. The number of amides is 2. The van der Waals surface area contributed by atoms with E-state index in [9.17, 15) is 14.7 Å². The molecule has 2 aliphatic heterocycles. The molecule has 6 nitrogen and oxygen atoms in total. The lowest BCUT2D eigenvalue weighted by molar-refractivity contribution is -0.125. The standard InChI is InChI=1S/C18H24N2O4/c1-17(2)11-24-15-12(5-3-6-13(15)17)16(22)20-8-4-7-18(23,10-20)9-14(19)21/h3,5-6,23H,4,7-11H2,1-2H3,(H2,19,21). The molecule has 130 valence electrons. The van der Waals surface area contributed by atoms with E-state index in [1.54, 1.807) is 11.0 Å². The largest absolute Gasteiger partial charge is 0.492 e. The molecule has 0 aromatic heterocycles. The van der Waals surface area contributed by atoms with Gasteiger partial charge in [0.1, 0.15) is 5.75 Å². The van der Waals surface area contributed by atoms with Gasteiger partial charge in [-0.25, -0.2) is 0 Å². The van der Waals surface area contributed by atoms with Crippen molar-refractivity contribution in [3.05, 3.63) is 29.3 Å². The van der Waals surface area contributed by atoms with E-state index >= 15 is 0 Å². The zero-order valence-electron chi connectivity index (χ0n) is 14.2. The lowest BCUT2D eigenvalue weighted by Crippen LogP contribution is -2.51. The fourth-order valence-corrected chi connectivity index (χ4v) is 3.65. The number of nitrogens with two attached hydrogens (primary N) is 1. The Balaban J connectivity index is 1.85. The molecule has 3 N–H and O–H groups in total. The molecule has 1 aromatic rings. The SMILES string of the molecule is CC1(C)COc2c(C(=O)N3CCCC(O)(CC(N)=O)C3)cccc21. The minimum Gasteiger partial charge on any atom is -0.492 e. The summed E-state index contributed by atoms with van der Waals surface area (Å²) in [5.41, 5.74) is 5.40. The number of carbonyl (C=O) groups is 2. The smallest absolute Gasteiger partial charge is 0.257 e. The Morgan fingerprint density at radius 1 is 1.38 bits per heavy atom. The van der Waals surface area contributed by atoms with Gasteiger partial charge in [0.25, 0.3) is 5.91 Å². The number of para-hydroxylation sites is 1. The van der Waals surface area contributed by atoms with Crippen LogP contribution in [0.15, 0.2) is 18.2 Å². The van der Waals surface area contributed by atoms with Gasteiger partial charge in [-0.05, 0) is 18.9 Å². The molecule has 1 atom stereocenters. The first-order valence-corrected chi connectivity index (χ1v) is 8.28. The molecule has 1 aromatic carbocycles. The maximum atomic E-state index is 13.0. The summed E-state index contributed by atoms with van der Waals surface area (Å²) in [5.74, 6) is -0.0962. The lowest BCUT2D eigenvalue weighted by Gasteiger charge is -2.38. The van der Waals surface area contributed by atoms with E-state index in [2.05, 4.69) is 13.8 Å². The summed E-state index contributed by atoms with van der Waals surface area (Å²) >= 11 is 0. The number of rotatable bonds is 3. The van der Waals surface area contributed by atoms with Crippen molar-refractivity contribution in [2.24, 2.45) is 5.73 Å². The van der Waals surface area contributed by atoms with E-state index in [-0.39, 0.29) is 24.3 Å². The first-order chi connectivity index (χ1) is 11.2. The van der Waals surface area contributed by atoms with Crippen LogP contribution >= 0.6 is 0 Å². The minimum atomic E-state index is -1.24. The lowest BCUT2D eigenvalue weighted by atomic mass is 9.85. The predicted molar refractivity (Wildman–Crippen MR) is 88.9 cm³/mol. The molecular weight excluding hydrogens is 308 g/mol. The Hall–Kier alpha value is -2.08. The van der Waals surface area contributed by atoms with Gasteiger partial charge in [0.2, 0.25) is 5.91 Å². The van der Waals surface area contributed by atoms with Gasteiger partial charge in [-0.15, -0.1) is 0 Å². The average molecular weight is 332 g/mol. The van der Waals surface area contributed by atoms with Crippen molar-refractivity contribution in [3.63, 3.8) is 0 Å². The molecule has 1 fully saturated rings. The Labute approximate surface area is 141 Å². The maximum Gasteiger partial charge on any atom is 0.257 e. The molecule has 6 heteroatoms. The summed E-state index contributed by atoms with van der Waals surface area (Å²) in [6.45, 7) is 5.37. The second-order valence-electron chi connectivity index (χ2n) is 7.55. The van der Waals surface area contributed by atoms with E-state index in [0.29, 0.717) is 37.3 Å². The number of hydrogen-bond acceptors (Lipinski definition) is 4. The highest BCUT2D eigenvalue weighted by molar-refractivity contribution is 5.98. The van der Waals surface area contributed by atoms with Crippen LogP contribution in [0.3, 0.4) is 0 Å². The van der Waals surface area contributed by atoms with Crippen molar-refractivity contribution in [2.45, 2.75) is 44.1 Å². The van der Waals surface area contributed by atoms with Crippen molar-refractivity contribution in [2.75, 3.05) is 19.7 Å². The van der Waals surface area contributed by atoms with Gasteiger partial charge in [-0.1, -0.05) is 26.0 Å². The zero-order valence-corrected chi connectivity index (χ0v) is 14.2. The Bertz CT molecular complexity index is 686. The Kier molecular flexibility index (Phi) is 4.03. The number of hydrogen-bond donors (Lipinski definition) is 2. The highest BCUT2D eigenvalue weighted by atomic mass is 16.5. The molecule has 1 unspecified atom stereocenters. The van der Waals surface area contributed by atoms with Gasteiger partial charge in [0.05, 0.1) is 30.7 Å². The van der Waals surface area contributed by atoms with Crippen molar-refractivity contribution < 1.29 is 19.4 Å². The number of carbonyl (C=O) groups excluding carboxylic acids is 2. The minimum absolute atomic E-state index is 0.113. The fraction of sp³-hybridized carbons (Fsp3) is 0.556. The summed E-state index contributed by atoms with van der Waals surface area (Å²) in [6.07, 6.45) is 0.972. The molecule has 0 spiro atoms. The van der Waals surface area contributed by atoms with Crippen LogP contribution in [0.2, 0.25) is 0 Å². The number of nitrogens with zero attached hydrogens (tertiary/aromatic N) is 1. The molecule has 0 saturated carbocycles. The number of piperidine rings is 1. The molecule has 0 bridgehead atoms. The fourth-order valence-electron chi connectivity index (χ4n) is 3.65. The first-order valence-electron chi connectivity index (χ1n) is 8.28. The normalized spacial score (nSPS) is 25.0. The third-order valence-electron chi connectivity index (χ3n) is 4.90. The summed E-state index contributed by atoms with van der Waals surface area (Å²) in [4.78, 5) is 25.7. The Morgan fingerprint density at radius 2 is 2.12 bits per heavy atom. The van der Waals surface area contributed by atoms with Gasteiger partial charge in [-0.2, -0.15) is 0 Å². The van der Waals surface area contributed by atoms with Crippen LogP contribution in [-0.4, -0.2) is 47.1 Å². The number of likely N-dealkylation sites (tertiary alicyclic amines) is 1. The number of β-amino-alcohol motifs (C(OH)–C–C–N with tert-alkyl or cyclic N) is 1. The summed E-state index contributed by atoms with van der Waals surface area (Å²) in [6, 6.07) is 5.60. The molecule has 0 aliphatic carbocycles.